The summed E-state index contributed by atoms with van der Waals surface area (Å²) >= 11 is 0. The number of carbonyl (C=O) groups excluding carboxylic acids is 1. The Kier molecular flexibility index (Phi) is 5.50. The van der Waals surface area contributed by atoms with Crippen LogP contribution in [0.15, 0.2) is 0 Å². The first-order chi connectivity index (χ1) is 5.20. The lowest BCUT2D eigenvalue weighted by atomic mass is 10.0. The fourth-order valence-electron chi connectivity index (χ4n) is 0.731. The van der Waals surface area contributed by atoms with Gasteiger partial charge >= 0.3 is 0 Å². The van der Waals surface area contributed by atoms with Crippen molar-refractivity contribution in [3.8, 4) is 11.8 Å². The molecule has 0 aliphatic carbocycles. The predicted octanol–water partition coefficient (Wildman–Crippen LogP) is 0.954. The minimum absolute atomic E-state index is 0.192. The summed E-state index contributed by atoms with van der Waals surface area (Å²) in [6.45, 7) is 4.28. The first-order valence-corrected chi connectivity index (χ1v) is 3.82. The van der Waals surface area contributed by atoms with Crippen LogP contribution in [-0.2, 0) is 4.79 Å². The van der Waals surface area contributed by atoms with E-state index in [-0.39, 0.29) is 5.78 Å². The zero-order valence-electron chi connectivity index (χ0n) is 7.18. The molecule has 1 atom stereocenters. The Morgan fingerprint density at radius 1 is 1.64 bits per heavy atom. The summed E-state index contributed by atoms with van der Waals surface area (Å²) in [5.41, 5.74) is 5.36. The molecule has 2 N–H and O–H groups in total. The molecular weight excluding hydrogens is 138 g/mol. The summed E-state index contributed by atoms with van der Waals surface area (Å²) in [4.78, 5) is 11.0. The highest BCUT2D eigenvalue weighted by Gasteiger charge is 2.05. The highest BCUT2D eigenvalue weighted by atomic mass is 16.1. The molecule has 0 bridgehead atoms. The van der Waals surface area contributed by atoms with Crippen LogP contribution in [0.3, 0.4) is 0 Å². The Labute approximate surface area is 68.2 Å². The molecule has 1 unspecified atom stereocenters. The van der Waals surface area contributed by atoms with Crippen molar-refractivity contribution < 1.29 is 4.79 Å². The Morgan fingerprint density at radius 3 is 2.73 bits per heavy atom. The zero-order chi connectivity index (χ0) is 8.69. The third kappa shape index (κ3) is 5.63. The molecule has 11 heavy (non-hydrogen) atoms. The second kappa shape index (κ2) is 5.94. The number of rotatable bonds is 4. The van der Waals surface area contributed by atoms with Gasteiger partial charge < -0.3 is 5.73 Å². The minimum atomic E-state index is 0.192. The van der Waals surface area contributed by atoms with Crippen molar-refractivity contribution in [2.24, 2.45) is 11.7 Å². The van der Waals surface area contributed by atoms with Crippen molar-refractivity contribution >= 4 is 5.78 Å². The fourth-order valence-corrected chi connectivity index (χ4v) is 0.731. The molecule has 62 valence electrons. The third-order valence-corrected chi connectivity index (χ3v) is 1.44. The van der Waals surface area contributed by atoms with Crippen molar-refractivity contribution in [3.63, 3.8) is 0 Å². The molecule has 2 heteroatoms. The average Bonchev–Trinajstić information content (AvgIpc) is 2.00. The van der Waals surface area contributed by atoms with Gasteiger partial charge in [0.1, 0.15) is 5.78 Å². The fraction of sp³-hybridized carbons (Fsp3) is 0.667. The van der Waals surface area contributed by atoms with Gasteiger partial charge in [-0.15, -0.1) is 5.92 Å². The third-order valence-electron chi connectivity index (χ3n) is 1.44. The highest BCUT2D eigenvalue weighted by Crippen LogP contribution is 2.01. The van der Waals surface area contributed by atoms with E-state index in [0.29, 0.717) is 25.3 Å². The summed E-state index contributed by atoms with van der Waals surface area (Å²) < 4.78 is 0. The van der Waals surface area contributed by atoms with Crippen LogP contribution < -0.4 is 5.73 Å². The van der Waals surface area contributed by atoms with E-state index in [0.717, 1.165) is 0 Å². The van der Waals surface area contributed by atoms with Crippen molar-refractivity contribution in [3.05, 3.63) is 0 Å². The smallest absolute Gasteiger partial charge is 0.145 e. The van der Waals surface area contributed by atoms with Crippen LogP contribution in [0.1, 0.15) is 26.7 Å². The van der Waals surface area contributed by atoms with Gasteiger partial charge in [0.2, 0.25) is 0 Å². The van der Waals surface area contributed by atoms with Crippen molar-refractivity contribution in [2.75, 3.05) is 6.54 Å². The molecule has 0 saturated carbocycles. The van der Waals surface area contributed by atoms with Crippen LogP contribution in [0, 0.1) is 17.8 Å². The lowest BCUT2D eigenvalue weighted by molar-refractivity contribution is -0.118. The van der Waals surface area contributed by atoms with Gasteiger partial charge in [-0.3, -0.25) is 4.79 Å². The number of nitrogens with two attached hydrogens (primary N) is 1. The predicted molar refractivity (Wildman–Crippen MR) is 45.9 cm³/mol. The zero-order valence-corrected chi connectivity index (χ0v) is 7.18. The number of Topliss-reactive ketones (excluding diaryl/α,β-unsaturated/α-hetero) is 1. The molecule has 0 aromatic heterocycles. The second-order valence-electron chi connectivity index (χ2n) is 2.69. The molecule has 0 aromatic rings. The summed E-state index contributed by atoms with van der Waals surface area (Å²) in [6, 6.07) is 0. The molecule has 0 rings (SSSR count). The normalized spacial score (nSPS) is 11.5. The van der Waals surface area contributed by atoms with Gasteiger partial charge in [-0.2, -0.15) is 0 Å². The SMILES string of the molecule is CC#CCC(=O)CC(C)CN. The van der Waals surface area contributed by atoms with Crippen LogP contribution in [0.2, 0.25) is 0 Å². The topological polar surface area (TPSA) is 43.1 Å². The van der Waals surface area contributed by atoms with E-state index in [2.05, 4.69) is 11.8 Å². The maximum atomic E-state index is 11.0. The van der Waals surface area contributed by atoms with Crippen LogP contribution in [0.5, 0.6) is 0 Å². The van der Waals surface area contributed by atoms with Gasteiger partial charge in [-0.25, -0.2) is 0 Å². The minimum Gasteiger partial charge on any atom is -0.330 e. The second-order valence-corrected chi connectivity index (χ2v) is 2.69. The van der Waals surface area contributed by atoms with Crippen LogP contribution in [-0.4, -0.2) is 12.3 Å². The van der Waals surface area contributed by atoms with Crippen LogP contribution in [0.4, 0.5) is 0 Å². The summed E-state index contributed by atoms with van der Waals surface area (Å²) in [5.74, 6) is 5.91. The molecular formula is C9H15NO. The van der Waals surface area contributed by atoms with Gasteiger partial charge in [0, 0.05) is 6.42 Å². The van der Waals surface area contributed by atoms with E-state index in [9.17, 15) is 4.79 Å². The molecule has 0 radical (unpaired) electrons. The van der Waals surface area contributed by atoms with E-state index in [1.54, 1.807) is 6.92 Å². The van der Waals surface area contributed by atoms with Crippen molar-refractivity contribution in [1.29, 1.82) is 0 Å². The summed E-state index contributed by atoms with van der Waals surface area (Å²) in [6.07, 6.45) is 0.937. The lowest BCUT2D eigenvalue weighted by Gasteiger charge is -2.03. The summed E-state index contributed by atoms with van der Waals surface area (Å²) in [5, 5.41) is 0. The Bertz CT molecular complexity index is 176. The molecule has 0 fully saturated rings. The highest BCUT2D eigenvalue weighted by molar-refractivity contribution is 5.80. The van der Waals surface area contributed by atoms with Gasteiger partial charge in [-0.05, 0) is 19.4 Å². The monoisotopic (exact) mass is 153 g/mol. The quantitative estimate of drug-likeness (QED) is 0.611. The maximum Gasteiger partial charge on any atom is 0.145 e. The Hall–Kier alpha value is -0.810. The molecule has 2 nitrogen and oxygen atoms in total. The molecule has 0 amide bonds. The van der Waals surface area contributed by atoms with E-state index < -0.39 is 0 Å². The van der Waals surface area contributed by atoms with Crippen molar-refractivity contribution in [2.45, 2.75) is 26.7 Å². The van der Waals surface area contributed by atoms with Gasteiger partial charge in [0.15, 0.2) is 0 Å². The van der Waals surface area contributed by atoms with Gasteiger partial charge in [-0.1, -0.05) is 12.8 Å². The molecule has 0 spiro atoms. The molecule has 0 saturated heterocycles. The number of carbonyl (C=O) groups is 1. The summed E-state index contributed by atoms with van der Waals surface area (Å²) in [7, 11) is 0. The van der Waals surface area contributed by atoms with Crippen LogP contribution >= 0.6 is 0 Å². The standard InChI is InChI=1S/C9H15NO/c1-3-4-5-9(11)6-8(2)7-10/h8H,5-7,10H2,1-2H3. The molecule has 0 aliphatic rings. The van der Waals surface area contributed by atoms with Gasteiger partial charge in [0.05, 0.1) is 6.42 Å². The Morgan fingerprint density at radius 2 is 2.27 bits per heavy atom. The van der Waals surface area contributed by atoms with Crippen molar-refractivity contribution in [1.82, 2.24) is 0 Å². The van der Waals surface area contributed by atoms with Crippen LogP contribution in [0.25, 0.3) is 0 Å². The average molecular weight is 153 g/mol. The van der Waals surface area contributed by atoms with E-state index >= 15 is 0 Å². The lowest BCUT2D eigenvalue weighted by Crippen LogP contribution is -2.14. The van der Waals surface area contributed by atoms with E-state index in [1.807, 2.05) is 6.92 Å². The number of ketones is 1. The Balaban J connectivity index is 3.57. The first kappa shape index (κ1) is 10.2. The number of hydrogen-bond acceptors (Lipinski definition) is 2. The first-order valence-electron chi connectivity index (χ1n) is 3.82. The molecule has 0 aliphatic heterocycles. The number of hydrogen-bond donors (Lipinski definition) is 1. The van der Waals surface area contributed by atoms with E-state index in [4.69, 9.17) is 5.73 Å². The molecule has 0 heterocycles. The maximum absolute atomic E-state index is 11.0. The van der Waals surface area contributed by atoms with E-state index in [1.165, 1.54) is 0 Å². The largest absolute Gasteiger partial charge is 0.330 e. The van der Waals surface area contributed by atoms with Gasteiger partial charge in [0.25, 0.3) is 0 Å². The molecule has 0 aromatic carbocycles.